The molecule has 8 nitrogen and oxygen atoms in total. The van der Waals surface area contributed by atoms with Crippen LogP contribution in [0.4, 0.5) is 5.69 Å². The summed E-state index contributed by atoms with van der Waals surface area (Å²) in [6.07, 6.45) is 1.59. The number of aromatic nitrogens is 2. The Morgan fingerprint density at radius 1 is 0.943 bits per heavy atom. The van der Waals surface area contributed by atoms with Gasteiger partial charge in [-0.1, -0.05) is 60.7 Å². The van der Waals surface area contributed by atoms with E-state index in [1.54, 1.807) is 30.5 Å². The summed E-state index contributed by atoms with van der Waals surface area (Å²) in [7, 11) is 0. The zero-order chi connectivity index (χ0) is 24.0. The molecule has 1 aliphatic heterocycles. The maximum absolute atomic E-state index is 13.0. The van der Waals surface area contributed by atoms with Crippen LogP contribution in [-0.4, -0.2) is 48.2 Å². The maximum Gasteiger partial charge on any atom is 0.292 e. The molecule has 8 heteroatoms. The number of nitrogens with zero attached hydrogens (tertiary/aromatic N) is 4. The van der Waals surface area contributed by atoms with Crippen LogP contribution >= 0.6 is 0 Å². The predicted molar refractivity (Wildman–Crippen MR) is 136 cm³/mol. The molecular formula is C27H25N5O3. The average molecular weight is 468 g/mol. The molecule has 1 saturated heterocycles. The lowest BCUT2D eigenvalue weighted by molar-refractivity contribution is 0.0949. The van der Waals surface area contributed by atoms with Gasteiger partial charge in [-0.05, 0) is 29.3 Å². The van der Waals surface area contributed by atoms with Gasteiger partial charge >= 0.3 is 0 Å². The van der Waals surface area contributed by atoms with Gasteiger partial charge in [0.2, 0.25) is 0 Å². The van der Waals surface area contributed by atoms with E-state index in [0.717, 1.165) is 43.1 Å². The van der Waals surface area contributed by atoms with Crippen molar-refractivity contribution < 1.29 is 9.53 Å². The number of hydrogen-bond acceptors (Lipinski definition) is 6. The van der Waals surface area contributed by atoms with Gasteiger partial charge in [0.15, 0.2) is 5.69 Å². The van der Waals surface area contributed by atoms with Gasteiger partial charge in [-0.15, -0.1) is 0 Å². The summed E-state index contributed by atoms with van der Waals surface area (Å²) in [4.78, 5) is 28.3. The standard InChI is InChI=1S/C27H25N5O3/c33-26(29-28-18-20-10-12-22(13-11-20)31-14-16-35-17-15-31)25-23-8-4-5-9-24(23)27(34)32(30-25)19-21-6-2-1-3-7-21/h1-13,18H,14-17,19H2,(H,29,33). The minimum absolute atomic E-state index is 0.149. The highest BCUT2D eigenvalue weighted by Gasteiger charge is 2.16. The number of nitrogens with one attached hydrogen (secondary N) is 1. The number of carbonyl (C=O) groups is 1. The predicted octanol–water partition coefficient (Wildman–Crippen LogP) is 3.05. The molecule has 4 aromatic rings. The number of ether oxygens (including phenoxy) is 1. The Kier molecular flexibility index (Phi) is 6.63. The number of rotatable bonds is 6. The van der Waals surface area contributed by atoms with E-state index >= 15 is 0 Å². The molecule has 0 spiro atoms. The third kappa shape index (κ3) is 5.12. The molecular weight excluding hydrogens is 442 g/mol. The van der Waals surface area contributed by atoms with Crippen molar-refractivity contribution in [2.24, 2.45) is 5.10 Å². The smallest absolute Gasteiger partial charge is 0.292 e. The Labute approximate surface area is 202 Å². The number of carbonyl (C=O) groups excluding carboxylic acids is 1. The molecule has 176 valence electrons. The molecule has 0 unspecified atom stereocenters. The van der Waals surface area contributed by atoms with Crippen LogP contribution in [0.25, 0.3) is 10.8 Å². The summed E-state index contributed by atoms with van der Waals surface area (Å²) < 4.78 is 6.72. The molecule has 1 fully saturated rings. The van der Waals surface area contributed by atoms with Gasteiger partial charge in [-0.3, -0.25) is 9.59 Å². The molecule has 1 amide bonds. The molecule has 0 radical (unpaired) electrons. The van der Waals surface area contributed by atoms with Crippen molar-refractivity contribution in [3.8, 4) is 0 Å². The number of hydrogen-bond donors (Lipinski definition) is 1. The minimum Gasteiger partial charge on any atom is -0.378 e. The first-order chi connectivity index (χ1) is 17.2. The largest absolute Gasteiger partial charge is 0.378 e. The summed E-state index contributed by atoms with van der Waals surface area (Å²) in [5.41, 5.74) is 5.36. The van der Waals surface area contributed by atoms with E-state index in [9.17, 15) is 9.59 Å². The molecule has 0 bridgehead atoms. The lowest BCUT2D eigenvalue weighted by atomic mass is 10.1. The normalized spacial score (nSPS) is 13.9. The SMILES string of the molecule is O=C(NN=Cc1ccc(N2CCOCC2)cc1)c1nn(Cc2ccccc2)c(=O)c2ccccc12. The first-order valence-electron chi connectivity index (χ1n) is 11.5. The Hall–Kier alpha value is -4.30. The minimum atomic E-state index is -0.482. The molecule has 0 atom stereocenters. The number of benzene rings is 3. The Morgan fingerprint density at radius 2 is 1.63 bits per heavy atom. The average Bonchev–Trinajstić information content (AvgIpc) is 2.92. The van der Waals surface area contributed by atoms with Crippen LogP contribution < -0.4 is 15.9 Å². The fourth-order valence-electron chi connectivity index (χ4n) is 4.08. The fourth-order valence-corrected chi connectivity index (χ4v) is 4.08. The first-order valence-corrected chi connectivity index (χ1v) is 11.5. The topological polar surface area (TPSA) is 88.8 Å². The van der Waals surface area contributed by atoms with E-state index in [1.165, 1.54) is 4.68 Å². The molecule has 1 N–H and O–H groups in total. The number of morpholine rings is 1. The third-order valence-corrected chi connectivity index (χ3v) is 5.91. The Morgan fingerprint density at radius 3 is 2.37 bits per heavy atom. The van der Waals surface area contributed by atoms with Gasteiger partial charge in [-0.25, -0.2) is 10.1 Å². The second kappa shape index (κ2) is 10.3. The Balaban J connectivity index is 1.35. The van der Waals surface area contributed by atoms with E-state index in [2.05, 4.69) is 20.5 Å². The fraction of sp³-hybridized carbons (Fsp3) is 0.185. The van der Waals surface area contributed by atoms with Gasteiger partial charge in [0.05, 0.1) is 31.4 Å². The maximum atomic E-state index is 13.0. The molecule has 1 aromatic heterocycles. The summed E-state index contributed by atoms with van der Waals surface area (Å²) in [5, 5.41) is 9.43. The molecule has 2 heterocycles. The molecule has 35 heavy (non-hydrogen) atoms. The van der Waals surface area contributed by atoms with Gasteiger partial charge in [0.1, 0.15) is 0 Å². The quantitative estimate of drug-likeness (QED) is 0.348. The highest BCUT2D eigenvalue weighted by atomic mass is 16.5. The van der Waals surface area contributed by atoms with Crippen molar-refractivity contribution >= 4 is 28.6 Å². The van der Waals surface area contributed by atoms with Crippen molar-refractivity contribution in [3.63, 3.8) is 0 Å². The lowest BCUT2D eigenvalue weighted by Gasteiger charge is -2.28. The van der Waals surface area contributed by atoms with Crippen LogP contribution in [0, 0.1) is 0 Å². The summed E-state index contributed by atoms with van der Waals surface area (Å²) >= 11 is 0. The van der Waals surface area contributed by atoms with Crippen molar-refractivity contribution in [1.82, 2.24) is 15.2 Å². The van der Waals surface area contributed by atoms with Gasteiger partial charge < -0.3 is 9.64 Å². The number of fused-ring (bicyclic) bond motifs is 1. The molecule has 1 aliphatic rings. The summed E-state index contributed by atoms with van der Waals surface area (Å²) in [5.74, 6) is -0.482. The first kappa shape index (κ1) is 22.5. The summed E-state index contributed by atoms with van der Waals surface area (Å²) in [6, 6.07) is 24.5. The van der Waals surface area contributed by atoms with Crippen molar-refractivity contribution in [2.45, 2.75) is 6.54 Å². The number of anilines is 1. The third-order valence-electron chi connectivity index (χ3n) is 5.91. The molecule has 0 aliphatic carbocycles. The zero-order valence-corrected chi connectivity index (χ0v) is 19.1. The molecule has 0 saturated carbocycles. The van der Waals surface area contributed by atoms with Crippen LogP contribution in [0.3, 0.4) is 0 Å². The van der Waals surface area contributed by atoms with Gasteiger partial charge in [0, 0.05) is 24.2 Å². The Bertz CT molecular complexity index is 1410. The van der Waals surface area contributed by atoms with E-state index < -0.39 is 5.91 Å². The van der Waals surface area contributed by atoms with Crippen LogP contribution in [0.1, 0.15) is 21.6 Å². The van der Waals surface area contributed by atoms with Crippen molar-refractivity contribution in [2.75, 3.05) is 31.2 Å². The lowest BCUT2D eigenvalue weighted by Crippen LogP contribution is -2.36. The highest BCUT2D eigenvalue weighted by Crippen LogP contribution is 2.16. The number of amides is 1. The van der Waals surface area contributed by atoms with E-state index in [4.69, 9.17) is 4.74 Å². The van der Waals surface area contributed by atoms with E-state index in [1.807, 2.05) is 54.6 Å². The van der Waals surface area contributed by atoms with Crippen LogP contribution in [0.15, 0.2) is 88.8 Å². The molecule has 3 aromatic carbocycles. The second-order valence-corrected chi connectivity index (χ2v) is 8.23. The van der Waals surface area contributed by atoms with E-state index in [-0.39, 0.29) is 17.8 Å². The summed E-state index contributed by atoms with van der Waals surface area (Å²) in [6.45, 7) is 3.48. The van der Waals surface area contributed by atoms with Crippen LogP contribution in [-0.2, 0) is 11.3 Å². The number of hydrazone groups is 1. The monoisotopic (exact) mass is 467 g/mol. The van der Waals surface area contributed by atoms with Crippen molar-refractivity contribution in [1.29, 1.82) is 0 Å². The van der Waals surface area contributed by atoms with Crippen molar-refractivity contribution in [3.05, 3.63) is 106 Å². The van der Waals surface area contributed by atoms with Gasteiger partial charge in [-0.2, -0.15) is 10.2 Å². The zero-order valence-electron chi connectivity index (χ0n) is 19.1. The molecule has 5 rings (SSSR count). The van der Waals surface area contributed by atoms with Crippen LogP contribution in [0.5, 0.6) is 0 Å². The van der Waals surface area contributed by atoms with Gasteiger partial charge in [0.25, 0.3) is 11.5 Å². The second-order valence-electron chi connectivity index (χ2n) is 8.23. The van der Waals surface area contributed by atoms with Crippen LogP contribution in [0.2, 0.25) is 0 Å². The van der Waals surface area contributed by atoms with E-state index in [0.29, 0.717) is 10.8 Å². The highest BCUT2D eigenvalue weighted by molar-refractivity contribution is 6.05.